The summed E-state index contributed by atoms with van der Waals surface area (Å²) in [7, 11) is -3.19. The minimum atomic E-state index is -3.19. The van der Waals surface area contributed by atoms with Gasteiger partial charge in [0.25, 0.3) is 0 Å². The molecule has 0 rings (SSSR count). The summed E-state index contributed by atoms with van der Waals surface area (Å²) in [5.74, 6) is -0.162. The lowest BCUT2D eigenvalue weighted by Gasteiger charge is -2.15. The van der Waals surface area contributed by atoms with Crippen molar-refractivity contribution in [2.24, 2.45) is 11.7 Å². The van der Waals surface area contributed by atoms with Crippen LogP contribution in [0.25, 0.3) is 0 Å². The van der Waals surface area contributed by atoms with Gasteiger partial charge in [-0.1, -0.05) is 13.8 Å². The van der Waals surface area contributed by atoms with Gasteiger partial charge >= 0.3 is 0 Å². The van der Waals surface area contributed by atoms with E-state index in [1.54, 1.807) is 6.92 Å². The van der Waals surface area contributed by atoms with Gasteiger partial charge in [-0.05, 0) is 12.8 Å². The van der Waals surface area contributed by atoms with Crippen LogP contribution in [-0.4, -0.2) is 39.2 Å². The van der Waals surface area contributed by atoms with E-state index >= 15 is 0 Å². The van der Waals surface area contributed by atoms with E-state index < -0.39 is 16.1 Å². The molecule has 0 saturated carbocycles. The first-order valence-electron chi connectivity index (χ1n) is 5.30. The van der Waals surface area contributed by atoms with Gasteiger partial charge in [-0.2, -0.15) is 0 Å². The highest BCUT2D eigenvalue weighted by Gasteiger charge is 2.16. The number of carbonyl (C=O) groups excluding carboxylic acids is 1. The number of rotatable bonds is 7. The standard InChI is InChI=1S/C9H21N3O3S/c1-4-16(14,15)12-6-5-11-9(13)8(10)7(2)3/h7-8,12H,4-6,10H2,1-3H3,(H,11,13)/t8-/m0/s1. The molecule has 0 fully saturated rings. The molecular weight excluding hydrogens is 230 g/mol. The first-order chi connectivity index (χ1) is 7.30. The maximum Gasteiger partial charge on any atom is 0.237 e. The topological polar surface area (TPSA) is 101 Å². The van der Waals surface area contributed by atoms with E-state index in [0.717, 1.165) is 0 Å². The Kier molecular flexibility index (Phi) is 6.54. The van der Waals surface area contributed by atoms with Crippen LogP contribution < -0.4 is 15.8 Å². The highest BCUT2D eigenvalue weighted by Crippen LogP contribution is 1.97. The Morgan fingerprint density at radius 2 is 1.88 bits per heavy atom. The van der Waals surface area contributed by atoms with Gasteiger partial charge in [0.05, 0.1) is 11.8 Å². The van der Waals surface area contributed by atoms with E-state index in [1.165, 1.54) is 0 Å². The van der Waals surface area contributed by atoms with E-state index in [4.69, 9.17) is 5.73 Å². The van der Waals surface area contributed by atoms with E-state index in [-0.39, 0.29) is 30.7 Å². The van der Waals surface area contributed by atoms with Crippen LogP contribution in [0.2, 0.25) is 0 Å². The van der Waals surface area contributed by atoms with Gasteiger partial charge in [-0.3, -0.25) is 4.79 Å². The summed E-state index contributed by atoms with van der Waals surface area (Å²) in [6, 6.07) is -0.553. The van der Waals surface area contributed by atoms with Crippen molar-refractivity contribution >= 4 is 15.9 Å². The largest absolute Gasteiger partial charge is 0.353 e. The quantitative estimate of drug-likeness (QED) is 0.506. The molecule has 0 spiro atoms. The first-order valence-corrected chi connectivity index (χ1v) is 6.96. The van der Waals surface area contributed by atoms with Crippen LogP contribution in [0.5, 0.6) is 0 Å². The van der Waals surface area contributed by atoms with E-state index in [9.17, 15) is 13.2 Å². The number of hydrogen-bond donors (Lipinski definition) is 3. The van der Waals surface area contributed by atoms with Crippen molar-refractivity contribution in [2.45, 2.75) is 26.8 Å². The van der Waals surface area contributed by atoms with Crippen molar-refractivity contribution in [3.8, 4) is 0 Å². The fraction of sp³-hybridized carbons (Fsp3) is 0.889. The highest BCUT2D eigenvalue weighted by atomic mass is 32.2. The van der Waals surface area contributed by atoms with Crippen molar-refractivity contribution in [2.75, 3.05) is 18.8 Å². The number of amides is 1. The molecule has 7 heteroatoms. The van der Waals surface area contributed by atoms with Gasteiger partial charge in [-0.15, -0.1) is 0 Å². The molecule has 0 aromatic heterocycles. The molecule has 4 N–H and O–H groups in total. The second-order valence-electron chi connectivity index (χ2n) is 3.86. The number of sulfonamides is 1. The van der Waals surface area contributed by atoms with Crippen molar-refractivity contribution in [3.05, 3.63) is 0 Å². The Bertz CT molecular complexity index is 314. The van der Waals surface area contributed by atoms with E-state index in [2.05, 4.69) is 10.0 Å². The molecule has 0 aliphatic carbocycles. The van der Waals surface area contributed by atoms with Crippen molar-refractivity contribution in [1.29, 1.82) is 0 Å². The Hall–Kier alpha value is -0.660. The molecule has 1 atom stereocenters. The van der Waals surface area contributed by atoms with Crippen LogP contribution >= 0.6 is 0 Å². The van der Waals surface area contributed by atoms with Crippen molar-refractivity contribution in [3.63, 3.8) is 0 Å². The third-order valence-electron chi connectivity index (χ3n) is 2.15. The maximum atomic E-state index is 11.4. The molecule has 96 valence electrons. The molecule has 0 radical (unpaired) electrons. The van der Waals surface area contributed by atoms with Gasteiger partial charge < -0.3 is 11.1 Å². The third-order valence-corrected chi connectivity index (χ3v) is 3.55. The normalized spacial score (nSPS) is 13.8. The van der Waals surface area contributed by atoms with Gasteiger partial charge in [0, 0.05) is 13.1 Å². The summed E-state index contributed by atoms with van der Waals surface area (Å²) in [6.45, 7) is 5.69. The molecule has 0 saturated heterocycles. The molecule has 1 amide bonds. The Balaban J connectivity index is 3.80. The lowest BCUT2D eigenvalue weighted by Crippen LogP contribution is -2.46. The number of carbonyl (C=O) groups is 1. The summed E-state index contributed by atoms with van der Waals surface area (Å²) in [5.41, 5.74) is 5.60. The van der Waals surface area contributed by atoms with Crippen LogP contribution in [0, 0.1) is 5.92 Å². The Labute approximate surface area is 97.0 Å². The second-order valence-corrected chi connectivity index (χ2v) is 5.95. The zero-order valence-corrected chi connectivity index (χ0v) is 10.8. The number of nitrogens with one attached hydrogen (secondary N) is 2. The summed E-state index contributed by atoms with van der Waals surface area (Å²) >= 11 is 0. The molecule has 0 unspecified atom stereocenters. The summed E-state index contributed by atoms with van der Waals surface area (Å²) in [5, 5.41) is 2.57. The van der Waals surface area contributed by atoms with Crippen LogP contribution in [0.4, 0.5) is 0 Å². The maximum absolute atomic E-state index is 11.4. The van der Waals surface area contributed by atoms with Gasteiger partial charge in [0.2, 0.25) is 15.9 Å². The molecule has 0 aliphatic heterocycles. The summed E-state index contributed by atoms with van der Waals surface area (Å²) < 4.78 is 24.4. The Morgan fingerprint density at radius 1 is 1.31 bits per heavy atom. The van der Waals surface area contributed by atoms with Crippen LogP contribution in [-0.2, 0) is 14.8 Å². The van der Waals surface area contributed by atoms with Crippen molar-refractivity contribution in [1.82, 2.24) is 10.0 Å². The monoisotopic (exact) mass is 251 g/mol. The average Bonchev–Trinajstić information content (AvgIpc) is 2.22. The molecule has 0 bridgehead atoms. The predicted molar refractivity (Wildman–Crippen MR) is 63.3 cm³/mol. The van der Waals surface area contributed by atoms with Gasteiger partial charge in [0.1, 0.15) is 0 Å². The van der Waals surface area contributed by atoms with E-state index in [0.29, 0.717) is 0 Å². The predicted octanol–water partition coefficient (Wildman–Crippen LogP) is -0.975. The van der Waals surface area contributed by atoms with Crippen LogP contribution in [0.3, 0.4) is 0 Å². The van der Waals surface area contributed by atoms with Crippen LogP contribution in [0.15, 0.2) is 0 Å². The van der Waals surface area contributed by atoms with Gasteiger partial charge in [0.15, 0.2) is 0 Å². The fourth-order valence-electron chi connectivity index (χ4n) is 0.915. The smallest absolute Gasteiger partial charge is 0.237 e. The lowest BCUT2D eigenvalue weighted by atomic mass is 10.1. The zero-order chi connectivity index (χ0) is 12.8. The molecule has 0 aromatic rings. The molecule has 6 nitrogen and oxygen atoms in total. The Morgan fingerprint density at radius 3 is 2.31 bits per heavy atom. The fourth-order valence-corrected chi connectivity index (χ4v) is 1.53. The van der Waals surface area contributed by atoms with Gasteiger partial charge in [-0.25, -0.2) is 13.1 Å². The summed E-state index contributed by atoms with van der Waals surface area (Å²) in [6.07, 6.45) is 0. The molecule has 16 heavy (non-hydrogen) atoms. The molecule has 0 aliphatic rings. The zero-order valence-electron chi connectivity index (χ0n) is 9.99. The molecular formula is C9H21N3O3S. The van der Waals surface area contributed by atoms with E-state index in [1.807, 2.05) is 13.8 Å². The minimum Gasteiger partial charge on any atom is -0.353 e. The number of hydrogen-bond acceptors (Lipinski definition) is 4. The molecule has 0 heterocycles. The lowest BCUT2D eigenvalue weighted by molar-refractivity contribution is -0.123. The second kappa shape index (κ2) is 6.82. The number of nitrogens with two attached hydrogens (primary N) is 1. The summed E-state index contributed by atoms with van der Waals surface area (Å²) in [4.78, 5) is 11.4. The molecule has 0 aromatic carbocycles. The third kappa shape index (κ3) is 6.04. The first kappa shape index (κ1) is 15.3. The van der Waals surface area contributed by atoms with Crippen LogP contribution in [0.1, 0.15) is 20.8 Å². The minimum absolute atomic E-state index is 0.0342. The highest BCUT2D eigenvalue weighted by molar-refractivity contribution is 7.89. The van der Waals surface area contributed by atoms with Crippen molar-refractivity contribution < 1.29 is 13.2 Å². The average molecular weight is 251 g/mol. The SMILES string of the molecule is CCS(=O)(=O)NCCNC(=O)[C@@H](N)C(C)C.